The molecule has 2 aliphatic rings. The molecule has 2 fully saturated rings. The van der Waals surface area contributed by atoms with E-state index in [0.29, 0.717) is 44.8 Å². The van der Waals surface area contributed by atoms with Gasteiger partial charge in [0, 0.05) is 77.6 Å². The van der Waals surface area contributed by atoms with Crippen LogP contribution in [0, 0.1) is 0 Å². The van der Waals surface area contributed by atoms with Crippen molar-refractivity contribution in [2.75, 3.05) is 71.4 Å². The lowest BCUT2D eigenvalue weighted by Crippen LogP contribution is -2.50. The fourth-order valence-corrected chi connectivity index (χ4v) is 5.97. The molecule has 36 heavy (non-hydrogen) atoms. The van der Waals surface area contributed by atoms with Gasteiger partial charge in [-0.15, -0.1) is 0 Å². The highest BCUT2D eigenvalue weighted by atomic mass is 32.2. The van der Waals surface area contributed by atoms with Gasteiger partial charge in [0.15, 0.2) is 0 Å². The minimum absolute atomic E-state index is 0.0510. The van der Waals surface area contributed by atoms with Crippen molar-refractivity contribution in [2.24, 2.45) is 0 Å². The second kappa shape index (κ2) is 10.9. The lowest BCUT2D eigenvalue weighted by molar-refractivity contribution is -0.129. The number of rotatable bonds is 6. The van der Waals surface area contributed by atoms with Gasteiger partial charge >= 0.3 is 0 Å². The van der Waals surface area contributed by atoms with E-state index in [1.54, 1.807) is 21.9 Å². The largest absolute Gasteiger partial charge is 0.353 e. The number of anilines is 1. The van der Waals surface area contributed by atoms with Crippen LogP contribution in [0.15, 0.2) is 47.5 Å². The summed E-state index contributed by atoms with van der Waals surface area (Å²) in [5.74, 6) is 0.746. The molecule has 2 aliphatic heterocycles. The van der Waals surface area contributed by atoms with Crippen LogP contribution in [-0.2, 0) is 21.4 Å². The maximum Gasteiger partial charge on any atom is 0.253 e. The third-order valence-corrected chi connectivity index (χ3v) is 8.53. The number of carbonyl (C=O) groups excluding carboxylic acids is 2. The van der Waals surface area contributed by atoms with E-state index in [9.17, 15) is 18.0 Å². The number of aromatic nitrogens is 1. The Balaban J connectivity index is 1.33. The maximum absolute atomic E-state index is 13.0. The first kappa shape index (κ1) is 26.1. The van der Waals surface area contributed by atoms with Crippen LogP contribution in [0.25, 0.3) is 0 Å². The van der Waals surface area contributed by atoms with E-state index in [1.807, 2.05) is 26.4 Å². The molecule has 0 N–H and O–H groups in total. The van der Waals surface area contributed by atoms with Crippen molar-refractivity contribution in [1.82, 2.24) is 24.0 Å². The number of benzene rings is 1. The zero-order valence-electron chi connectivity index (χ0n) is 21.1. The Bertz CT molecular complexity index is 1170. The number of pyridine rings is 1. The standard InChI is InChI=1S/C25H34N6O4S/c1-20(32)28-14-16-31(17-15-28)36(34,35)23-7-5-22(6-8-23)25(33)30-12-10-29(11-13-30)24-9-4-21(18-26-24)19-27(2)3/h4-9,18H,10-17,19H2,1-3H3. The van der Waals surface area contributed by atoms with Gasteiger partial charge in [-0.1, -0.05) is 6.07 Å². The molecule has 0 aliphatic carbocycles. The summed E-state index contributed by atoms with van der Waals surface area (Å²) in [5, 5.41) is 0. The van der Waals surface area contributed by atoms with E-state index < -0.39 is 10.0 Å². The monoisotopic (exact) mass is 514 g/mol. The van der Waals surface area contributed by atoms with E-state index in [0.717, 1.165) is 17.9 Å². The third kappa shape index (κ3) is 5.85. The fourth-order valence-electron chi connectivity index (χ4n) is 4.55. The molecule has 2 saturated heterocycles. The molecule has 2 aromatic rings. The van der Waals surface area contributed by atoms with E-state index in [-0.39, 0.29) is 29.8 Å². The summed E-state index contributed by atoms with van der Waals surface area (Å²) in [4.78, 5) is 37.0. The zero-order chi connectivity index (χ0) is 25.9. The molecule has 0 atom stereocenters. The van der Waals surface area contributed by atoms with Crippen LogP contribution in [-0.4, -0.2) is 111 Å². The summed E-state index contributed by atoms with van der Waals surface area (Å²) in [6, 6.07) is 10.3. The number of amides is 2. The number of hydrogen-bond acceptors (Lipinski definition) is 7. The van der Waals surface area contributed by atoms with Gasteiger partial charge in [-0.25, -0.2) is 13.4 Å². The van der Waals surface area contributed by atoms with Crippen LogP contribution in [0.1, 0.15) is 22.8 Å². The Morgan fingerprint density at radius 1 is 0.861 bits per heavy atom. The first-order valence-corrected chi connectivity index (χ1v) is 13.6. The summed E-state index contributed by atoms with van der Waals surface area (Å²) in [6.45, 7) is 6.13. The molecule has 1 aromatic heterocycles. The average molecular weight is 515 g/mol. The maximum atomic E-state index is 13.0. The molecule has 0 spiro atoms. The van der Waals surface area contributed by atoms with Crippen LogP contribution in [0.2, 0.25) is 0 Å². The SMILES string of the molecule is CC(=O)N1CCN(S(=O)(=O)c2ccc(C(=O)N3CCN(c4ccc(CN(C)C)cn4)CC3)cc2)CC1. The highest BCUT2D eigenvalue weighted by molar-refractivity contribution is 7.89. The fraction of sp³-hybridized carbons (Fsp3) is 0.480. The molecule has 11 heteroatoms. The van der Waals surface area contributed by atoms with Crippen LogP contribution < -0.4 is 4.90 Å². The predicted molar refractivity (Wildman–Crippen MR) is 137 cm³/mol. The molecule has 2 amide bonds. The smallest absolute Gasteiger partial charge is 0.253 e. The molecule has 10 nitrogen and oxygen atoms in total. The van der Waals surface area contributed by atoms with Crippen molar-refractivity contribution >= 4 is 27.7 Å². The number of piperazine rings is 2. The van der Waals surface area contributed by atoms with Gasteiger partial charge in [0.25, 0.3) is 5.91 Å². The van der Waals surface area contributed by atoms with Gasteiger partial charge in [-0.05, 0) is 50.0 Å². The van der Waals surface area contributed by atoms with Crippen LogP contribution in [0.3, 0.4) is 0 Å². The zero-order valence-corrected chi connectivity index (χ0v) is 21.9. The molecule has 0 radical (unpaired) electrons. The molecule has 0 bridgehead atoms. The normalized spacial score (nSPS) is 17.5. The summed E-state index contributed by atoms with van der Waals surface area (Å²) in [7, 11) is 0.374. The highest BCUT2D eigenvalue weighted by Crippen LogP contribution is 2.20. The van der Waals surface area contributed by atoms with Crippen molar-refractivity contribution in [3.63, 3.8) is 0 Å². The van der Waals surface area contributed by atoms with Gasteiger partial charge in [-0.2, -0.15) is 4.31 Å². The summed E-state index contributed by atoms with van der Waals surface area (Å²) < 4.78 is 27.4. The van der Waals surface area contributed by atoms with Crippen LogP contribution >= 0.6 is 0 Å². The van der Waals surface area contributed by atoms with E-state index in [1.165, 1.54) is 23.4 Å². The van der Waals surface area contributed by atoms with Crippen molar-refractivity contribution in [3.8, 4) is 0 Å². The highest BCUT2D eigenvalue weighted by Gasteiger charge is 2.30. The van der Waals surface area contributed by atoms with Crippen molar-refractivity contribution in [1.29, 1.82) is 0 Å². The Labute approximate surface area is 213 Å². The first-order chi connectivity index (χ1) is 17.1. The second-order valence-corrected chi connectivity index (χ2v) is 11.4. The quantitative estimate of drug-likeness (QED) is 0.566. The van der Waals surface area contributed by atoms with Crippen molar-refractivity contribution in [3.05, 3.63) is 53.7 Å². The molecule has 0 saturated carbocycles. The first-order valence-electron chi connectivity index (χ1n) is 12.1. The average Bonchev–Trinajstić information content (AvgIpc) is 2.88. The van der Waals surface area contributed by atoms with Gasteiger partial charge in [-0.3, -0.25) is 9.59 Å². The molecular weight excluding hydrogens is 480 g/mol. The summed E-state index contributed by atoms with van der Waals surface area (Å²) in [6.07, 6.45) is 1.89. The Hall–Kier alpha value is -3.02. The van der Waals surface area contributed by atoms with E-state index >= 15 is 0 Å². The second-order valence-electron chi connectivity index (χ2n) is 9.48. The van der Waals surface area contributed by atoms with E-state index in [2.05, 4.69) is 20.9 Å². The third-order valence-electron chi connectivity index (χ3n) is 6.62. The van der Waals surface area contributed by atoms with Gasteiger partial charge in [0.2, 0.25) is 15.9 Å². The number of carbonyl (C=O) groups is 2. The number of sulfonamides is 1. The van der Waals surface area contributed by atoms with Crippen LogP contribution in [0.4, 0.5) is 5.82 Å². The van der Waals surface area contributed by atoms with Gasteiger partial charge in [0.05, 0.1) is 4.90 Å². The number of hydrogen-bond donors (Lipinski definition) is 0. The lowest BCUT2D eigenvalue weighted by Gasteiger charge is -2.35. The summed E-state index contributed by atoms with van der Waals surface area (Å²) >= 11 is 0. The Morgan fingerprint density at radius 3 is 2.00 bits per heavy atom. The molecule has 194 valence electrons. The predicted octanol–water partition coefficient (Wildman–Crippen LogP) is 0.958. The molecular formula is C25H34N6O4S. The summed E-state index contributed by atoms with van der Waals surface area (Å²) in [5.41, 5.74) is 1.62. The topological polar surface area (TPSA) is 97.4 Å². The Kier molecular flexibility index (Phi) is 7.91. The van der Waals surface area contributed by atoms with Gasteiger partial charge in [0.1, 0.15) is 5.82 Å². The Morgan fingerprint density at radius 2 is 1.47 bits per heavy atom. The van der Waals surface area contributed by atoms with Crippen LogP contribution in [0.5, 0.6) is 0 Å². The van der Waals surface area contributed by atoms with Gasteiger partial charge < -0.3 is 19.6 Å². The minimum atomic E-state index is -3.67. The van der Waals surface area contributed by atoms with E-state index in [4.69, 9.17) is 0 Å². The van der Waals surface area contributed by atoms with Crippen molar-refractivity contribution in [2.45, 2.75) is 18.4 Å². The minimum Gasteiger partial charge on any atom is -0.353 e. The number of nitrogens with zero attached hydrogens (tertiary/aromatic N) is 6. The molecule has 4 rings (SSSR count). The van der Waals surface area contributed by atoms with Crippen molar-refractivity contribution < 1.29 is 18.0 Å². The molecule has 3 heterocycles. The molecule has 1 aromatic carbocycles. The molecule has 0 unspecified atom stereocenters. The lowest BCUT2D eigenvalue weighted by atomic mass is 10.2.